The van der Waals surface area contributed by atoms with Crippen molar-refractivity contribution < 1.29 is 92.3 Å². The van der Waals surface area contributed by atoms with E-state index in [1.54, 1.807) is 0 Å². The van der Waals surface area contributed by atoms with E-state index in [4.69, 9.17) is 33.2 Å². The van der Waals surface area contributed by atoms with Crippen LogP contribution in [0.2, 0.25) is 0 Å². The molecule has 7 aliphatic rings. The van der Waals surface area contributed by atoms with Crippen molar-refractivity contribution in [3.63, 3.8) is 0 Å². The van der Waals surface area contributed by atoms with Crippen LogP contribution in [-0.2, 0) is 66.7 Å². The molecule has 22 nitrogen and oxygen atoms in total. The average Bonchev–Trinajstić information content (AvgIpc) is 0.710. The van der Waals surface area contributed by atoms with Crippen LogP contribution in [0.15, 0.2) is 11.6 Å². The maximum absolute atomic E-state index is 15.5. The zero-order chi connectivity index (χ0) is 63.4. The molecule has 3 amide bonds. The number of carbonyl (C=O) groups is 7. The van der Waals surface area contributed by atoms with Crippen LogP contribution in [-0.4, -0.2) is 174 Å². The second-order valence-electron chi connectivity index (χ2n) is 29.2. The predicted octanol–water partition coefficient (Wildman–Crippen LogP) is 4.10. The van der Waals surface area contributed by atoms with Gasteiger partial charge >= 0.3 is 17.9 Å². The van der Waals surface area contributed by atoms with E-state index in [1.165, 1.54) is 14.2 Å². The van der Waals surface area contributed by atoms with E-state index in [2.05, 4.69) is 43.6 Å². The Morgan fingerprint density at radius 2 is 1.07 bits per heavy atom. The highest BCUT2D eigenvalue weighted by molar-refractivity contribution is 5.96. The van der Waals surface area contributed by atoms with Gasteiger partial charge in [-0.05, 0) is 140 Å². The number of esters is 3. The molecule has 22 atom stereocenters. The summed E-state index contributed by atoms with van der Waals surface area (Å²) in [7, 11) is 3.64. The number of allylic oxidation sites excluding steroid dienone is 2. The number of rotatable bonds is 19. The van der Waals surface area contributed by atoms with Crippen LogP contribution in [0.1, 0.15) is 167 Å². The number of amides is 3. The number of methoxy groups -OCH3 is 3. The van der Waals surface area contributed by atoms with Crippen molar-refractivity contribution in [3.05, 3.63) is 11.6 Å². The molecule has 0 radical (unpaired) electrons. The molecule has 0 bridgehead atoms. The van der Waals surface area contributed by atoms with Gasteiger partial charge in [0.25, 0.3) is 11.8 Å². The minimum absolute atomic E-state index is 0.0462. The minimum Gasteiger partial charge on any atom is -0.467 e. The summed E-state index contributed by atoms with van der Waals surface area (Å²) in [4.78, 5) is 96.5. The summed E-state index contributed by atoms with van der Waals surface area (Å²) in [6.07, 6.45) is -12.0. The summed E-state index contributed by atoms with van der Waals surface area (Å²) in [6, 6.07) is -3.13. The van der Waals surface area contributed by atoms with E-state index in [9.17, 15) is 54.3 Å². The van der Waals surface area contributed by atoms with Crippen LogP contribution in [0.5, 0.6) is 0 Å². The first kappa shape index (κ1) is 68.4. The van der Waals surface area contributed by atoms with Crippen LogP contribution in [0.3, 0.4) is 0 Å². The summed E-state index contributed by atoms with van der Waals surface area (Å²) in [5, 5.41) is 65.8. The fourth-order valence-corrected chi connectivity index (χ4v) is 16.7. The van der Waals surface area contributed by atoms with Crippen LogP contribution >= 0.6 is 0 Å². The molecule has 6 fully saturated rings. The zero-order valence-electron chi connectivity index (χ0n) is 53.1. The quantitative estimate of drug-likeness (QED) is 0.0513. The summed E-state index contributed by atoms with van der Waals surface area (Å²) in [5.41, 5.74) is -2.14. The highest BCUT2D eigenvalue weighted by Crippen LogP contribution is 2.75. The van der Waals surface area contributed by atoms with Crippen molar-refractivity contribution in [2.45, 2.75) is 253 Å². The van der Waals surface area contributed by atoms with Gasteiger partial charge in [0.15, 0.2) is 30.6 Å². The monoisotopic (exact) mass is 1200 g/mol. The van der Waals surface area contributed by atoms with Crippen molar-refractivity contribution in [3.8, 4) is 0 Å². The van der Waals surface area contributed by atoms with Gasteiger partial charge in [0.05, 0.1) is 27.4 Å². The SMILES string of the molecule is COC(=O)[C@@H](CC(C)C)NC(=O)C1OC(OC2C(O[C@@H]3CC[C@@]4(C)C(CC[C@]5(C)[C@@H]4C(=O)C=C4[C@H]6C[C@@](C)(C(=O)N[C@H](CC(C)C)C(=O)OC)CC[C@]6(C)CC[C@]45C)C3(C)C)OC(C(=O)N[C@H](CC(C)C)C(=O)OC)C(O)C2O)C(O)C(O)C1O. The van der Waals surface area contributed by atoms with E-state index in [0.717, 1.165) is 31.9 Å². The molecule has 2 saturated heterocycles. The number of aliphatic hydroxyl groups is 5. The molecule has 0 aromatic rings. The van der Waals surface area contributed by atoms with Crippen molar-refractivity contribution >= 4 is 41.4 Å². The van der Waals surface area contributed by atoms with Crippen molar-refractivity contribution in [1.29, 1.82) is 0 Å². The van der Waals surface area contributed by atoms with Gasteiger partial charge in [0.1, 0.15) is 54.7 Å². The van der Waals surface area contributed by atoms with Crippen LogP contribution in [0.4, 0.5) is 0 Å². The molecule has 7 rings (SSSR count). The van der Waals surface area contributed by atoms with Gasteiger partial charge in [-0.1, -0.05) is 95.6 Å². The van der Waals surface area contributed by atoms with E-state index < -0.39 is 148 Å². The minimum atomic E-state index is -2.09. The number of carbonyl (C=O) groups excluding carboxylic acids is 7. The number of ketones is 1. The van der Waals surface area contributed by atoms with Crippen molar-refractivity contribution in [2.24, 2.45) is 68.0 Å². The zero-order valence-corrected chi connectivity index (χ0v) is 53.1. The highest BCUT2D eigenvalue weighted by Gasteiger charge is 2.71. The Hall–Kier alpha value is -4.13. The lowest BCUT2D eigenvalue weighted by atomic mass is 9.33. The first-order valence-electron chi connectivity index (χ1n) is 30.9. The highest BCUT2D eigenvalue weighted by atomic mass is 16.8. The van der Waals surface area contributed by atoms with Gasteiger partial charge in [-0.3, -0.25) is 19.2 Å². The Bertz CT molecular complexity index is 2520. The predicted molar refractivity (Wildman–Crippen MR) is 307 cm³/mol. The molecule has 11 unspecified atom stereocenters. The first-order chi connectivity index (χ1) is 39.5. The molecule has 85 heavy (non-hydrogen) atoms. The number of fused-ring (bicyclic) bond motifs is 7. The molecule has 0 aromatic carbocycles. The second kappa shape index (κ2) is 25.8. The number of hydrogen-bond acceptors (Lipinski definition) is 19. The number of ether oxygens (including phenoxy) is 7. The van der Waals surface area contributed by atoms with E-state index in [-0.39, 0.29) is 59.5 Å². The average molecular weight is 1200 g/mol. The Labute approximate surface area is 501 Å². The summed E-state index contributed by atoms with van der Waals surface area (Å²) < 4.78 is 40.4. The lowest BCUT2D eigenvalue weighted by Crippen LogP contribution is -2.69. The third-order valence-electron chi connectivity index (χ3n) is 21.8. The molecule has 482 valence electrons. The normalized spacial score (nSPS) is 40.7. The standard InChI is InChI=1S/C63H101N3O19/c1-30(2)25-35(52(75)79-14)64-50(73)46-42(69)41(68)45(72)55(83-46)85-48-44(71)43(70)47(51(74)65-36(26-31(3)4)53(76)80-15)84-56(48)82-40-18-19-61(11)39(58(40,7)8)17-20-63(13)49(61)38(67)28-33-34-29-60(10,22-21-59(34,9)23-24-62(33,63)12)57(78)66-37(27-32(5)6)54(77)81-16/h28,30-32,34-37,39-49,55-56,68-72H,17-27,29H2,1-16H3,(H,64,73)(H,65,74)(H,66,78)/t34-,35-,36-,37-,39?,40-,41?,42?,43?,44?,45?,46?,47?,48?,49-,55?,56?,59-,60+,61+,62-,63-/m1/s1. The van der Waals surface area contributed by atoms with Crippen molar-refractivity contribution in [2.75, 3.05) is 21.3 Å². The lowest BCUT2D eigenvalue weighted by Gasteiger charge is -2.70. The molecule has 5 aliphatic carbocycles. The Kier molecular flexibility index (Phi) is 20.7. The van der Waals surface area contributed by atoms with E-state index in [1.807, 2.05) is 68.4 Å². The Balaban J connectivity index is 1.19. The smallest absolute Gasteiger partial charge is 0.328 e. The van der Waals surface area contributed by atoms with Crippen LogP contribution in [0, 0.1) is 68.0 Å². The van der Waals surface area contributed by atoms with Crippen LogP contribution in [0.25, 0.3) is 0 Å². The molecule has 2 aliphatic heterocycles. The third-order valence-corrected chi connectivity index (χ3v) is 21.8. The molecule has 0 aromatic heterocycles. The Morgan fingerprint density at radius 1 is 0.588 bits per heavy atom. The third kappa shape index (κ3) is 12.9. The van der Waals surface area contributed by atoms with Gasteiger partial charge in [-0.2, -0.15) is 0 Å². The fraction of sp³-hybridized carbons (Fsp3) is 0.857. The lowest BCUT2D eigenvalue weighted by molar-refractivity contribution is -0.369. The van der Waals surface area contributed by atoms with E-state index in [0.29, 0.717) is 44.9 Å². The molecular weight excluding hydrogens is 1100 g/mol. The van der Waals surface area contributed by atoms with Gasteiger partial charge in [-0.15, -0.1) is 0 Å². The fourth-order valence-electron chi connectivity index (χ4n) is 16.7. The molecule has 0 spiro atoms. The van der Waals surface area contributed by atoms with Gasteiger partial charge < -0.3 is 74.6 Å². The van der Waals surface area contributed by atoms with E-state index >= 15 is 4.79 Å². The molecule has 8 N–H and O–H groups in total. The van der Waals surface area contributed by atoms with Crippen molar-refractivity contribution in [1.82, 2.24) is 16.0 Å². The molecule has 22 heteroatoms. The first-order valence-corrected chi connectivity index (χ1v) is 30.9. The number of nitrogens with one attached hydrogen (secondary N) is 3. The largest absolute Gasteiger partial charge is 0.467 e. The van der Waals surface area contributed by atoms with Gasteiger partial charge in [-0.25, -0.2) is 14.4 Å². The molecular formula is C63H101N3O19. The van der Waals surface area contributed by atoms with Gasteiger partial charge in [0.2, 0.25) is 5.91 Å². The maximum atomic E-state index is 15.5. The summed E-state index contributed by atoms with van der Waals surface area (Å²) in [5.74, 6) is -4.92. The topological polar surface area (TPSA) is 321 Å². The number of hydrogen-bond donors (Lipinski definition) is 8. The van der Waals surface area contributed by atoms with Crippen LogP contribution < -0.4 is 16.0 Å². The second-order valence-corrected chi connectivity index (χ2v) is 29.2. The summed E-state index contributed by atoms with van der Waals surface area (Å²) in [6.45, 7) is 26.4. The summed E-state index contributed by atoms with van der Waals surface area (Å²) >= 11 is 0. The maximum Gasteiger partial charge on any atom is 0.328 e. The molecule has 4 saturated carbocycles. The number of aliphatic hydroxyl groups excluding tert-OH is 5. The van der Waals surface area contributed by atoms with Gasteiger partial charge in [0, 0.05) is 11.3 Å². The molecule has 2 heterocycles. The Morgan fingerprint density at radius 3 is 1.58 bits per heavy atom.